The number of benzene rings is 2. The van der Waals surface area contributed by atoms with Gasteiger partial charge >= 0.3 is 0 Å². The first-order valence-corrected chi connectivity index (χ1v) is 7.54. The molecule has 3 aromatic rings. The summed E-state index contributed by atoms with van der Waals surface area (Å²) in [6.07, 6.45) is 3.48. The predicted molar refractivity (Wildman–Crippen MR) is 92.1 cm³/mol. The molecule has 0 radical (unpaired) electrons. The van der Waals surface area contributed by atoms with Crippen molar-refractivity contribution in [3.63, 3.8) is 0 Å². The second kappa shape index (κ2) is 6.08. The van der Waals surface area contributed by atoms with Crippen LogP contribution in [0, 0.1) is 0 Å². The highest BCUT2D eigenvalue weighted by Crippen LogP contribution is 2.26. The lowest BCUT2D eigenvalue weighted by molar-refractivity contribution is -0.120. The topological polar surface area (TPSA) is 57.8 Å². The Morgan fingerprint density at radius 1 is 1.09 bits per heavy atom. The molecule has 0 unspecified atom stereocenters. The van der Waals surface area contributed by atoms with Crippen LogP contribution in [0.3, 0.4) is 0 Å². The number of H-pyrrole nitrogens is 1. The molecule has 0 saturated heterocycles. The van der Waals surface area contributed by atoms with Crippen LogP contribution < -0.4 is 5.32 Å². The summed E-state index contributed by atoms with van der Waals surface area (Å²) in [5.74, 6) is 0.740. The van der Waals surface area contributed by atoms with Crippen LogP contribution >= 0.6 is 0 Å². The highest BCUT2D eigenvalue weighted by molar-refractivity contribution is 5.98. The third kappa shape index (κ3) is 3.16. The van der Waals surface area contributed by atoms with E-state index in [2.05, 4.69) is 15.3 Å². The van der Waals surface area contributed by atoms with Gasteiger partial charge in [0.15, 0.2) is 0 Å². The van der Waals surface area contributed by atoms with Crippen molar-refractivity contribution >= 4 is 11.6 Å². The molecule has 0 aliphatic carbocycles. The summed E-state index contributed by atoms with van der Waals surface area (Å²) in [6.45, 7) is 3.85. The number of nitrogens with zero attached hydrogens (tertiary/aromatic N) is 1. The van der Waals surface area contributed by atoms with Crippen molar-refractivity contribution in [3.8, 4) is 11.4 Å². The maximum Gasteiger partial charge on any atom is 0.234 e. The Labute approximate surface area is 135 Å². The number of carbonyl (C=O) groups is 1. The van der Waals surface area contributed by atoms with Crippen molar-refractivity contribution in [2.24, 2.45) is 0 Å². The standard InChI is InChI=1S/C19H19N3O/c1-19(2,15-8-4-3-5-9-15)18(23)22-16-10-6-7-14(13-16)17-20-11-12-21-17/h3-13H,1-2H3,(H,20,21)(H,22,23). The molecule has 1 amide bonds. The molecule has 2 N–H and O–H groups in total. The van der Waals surface area contributed by atoms with Crippen LogP contribution in [0.15, 0.2) is 67.0 Å². The van der Waals surface area contributed by atoms with E-state index in [-0.39, 0.29) is 5.91 Å². The van der Waals surface area contributed by atoms with Crippen LogP contribution in [0.4, 0.5) is 5.69 Å². The Kier molecular flexibility index (Phi) is 3.98. The minimum atomic E-state index is -0.609. The molecule has 0 saturated carbocycles. The molecule has 0 fully saturated rings. The lowest BCUT2D eigenvalue weighted by Crippen LogP contribution is -2.34. The van der Waals surface area contributed by atoms with E-state index in [1.807, 2.05) is 68.4 Å². The van der Waals surface area contributed by atoms with Gasteiger partial charge in [-0.05, 0) is 31.5 Å². The Bertz CT molecular complexity index is 793. The van der Waals surface area contributed by atoms with Crippen LogP contribution in [0.2, 0.25) is 0 Å². The molecular formula is C19H19N3O. The van der Waals surface area contributed by atoms with Gasteiger partial charge in [0.2, 0.25) is 5.91 Å². The molecular weight excluding hydrogens is 286 g/mol. The summed E-state index contributed by atoms with van der Waals surface area (Å²) < 4.78 is 0. The van der Waals surface area contributed by atoms with Gasteiger partial charge in [0.05, 0.1) is 5.41 Å². The lowest BCUT2D eigenvalue weighted by Gasteiger charge is -2.24. The van der Waals surface area contributed by atoms with Gasteiger partial charge in [-0.15, -0.1) is 0 Å². The largest absolute Gasteiger partial charge is 0.345 e. The van der Waals surface area contributed by atoms with Crippen molar-refractivity contribution < 1.29 is 4.79 Å². The number of nitrogens with one attached hydrogen (secondary N) is 2. The monoisotopic (exact) mass is 305 g/mol. The first-order valence-electron chi connectivity index (χ1n) is 7.54. The lowest BCUT2D eigenvalue weighted by atomic mass is 9.83. The van der Waals surface area contributed by atoms with E-state index in [0.29, 0.717) is 0 Å². The second-order valence-corrected chi connectivity index (χ2v) is 5.96. The van der Waals surface area contributed by atoms with Crippen LogP contribution in [-0.4, -0.2) is 15.9 Å². The Hall–Kier alpha value is -2.88. The van der Waals surface area contributed by atoms with Crippen LogP contribution in [0.1, 0.15) is 19.4 Å². The van der Waals surface area contributed by atoms with E-state index in [1.54, 1.807) is 12.4 Å². The van der Waals surface area contributed by atoms with Gasteiger partial charge in [-0.25, -0.2) is 4.98 Å². The highest BCUT2D eigenvalue weighted by Gasteiger charge is 2.29. The van der Waals surface area contributed by atoms with Crippen LogP contribution in [-0.2, 0) is 10.2 Å². The summed E-state index contributed by atoms with van der Waals surface area (Å²) in [5.41, 5.74) is 2.07. The summed E-state index contributed by atoms with van der Waals surface area (Å²) in [4.78, 5) is 20.0. The van der Waals surface area contributed by atoms with Gasteiger partial charge in [0.25, 0.3) is 0 Å². The van der Waals surface area contributed by atoms with Gasteiger partial charge in [0.1, 0.15) is 5.82 Å². The maximum absolute atomic E-state index is 12.7. The number of hydrogen-bond donors (Lipinski definition) is 2. The highest BCUT2D eigenvalue weighted by atomic mass is 16.2. The number of amides is 1. The van der Waals surface area contributed by atoms with Crippen molar-refractivity contribution in [2.75, 3.05) is 5.32 Å². The summed E-state index contributed by atoms with van der Waals surface area (Å²) in [6, 6.07) is 17.4. The number of imidazole rings is 1. The first kappa shape index (κ1) is 15.0. The van der Waals surface area contributed by atoms with E-state index in [0.717, 1.165) is 22.6 Å². The Morgan fingerprint density at radius 2 is 1.87 bits per heavy atom. The fourth-order valence-corrected chi connectivity index (χ4v) is 2.44. The minimum Gasteiger partial charge on any atom is -0.345 e. The number of hydrogen-bond acceptors (Lipinski definition) is 2. The average molecular weight is 305 g/mol. The smallest absolute Gasteiger partial charge is 0.234 e. The summed E-state index contributed by atoms with van der Waals surface area (Å²) in [5, 5.41) is 3.00. The van der Waals surface area contributed by atoms with Gasteiger partial charge < -0.3 is 10.3 Å². The number of aromatic nitrogens is 2. The molecule has 0 bridgehead atoms. The van der Waals surface area contributed by atoms with E-state index in [9.17, 15) is 4.79 Å². The van der Waals surface area contributed by atoms with Crippen LogP contribution in [0.5, 0.6) is 0 Å². The quantitative estimate of drug-likeness (QED) is 0.765. The molecule has 116 valence electrons. The number of anilines is 1. The van der Waals surface area contributed by atoms with Crippen molar-refractivity contribution in [1.82, 2.24) is 9.97 Å². The fourth-order valence-electron chi connectivity index (χ4n) is 2.44. The van der Waals surface area contributed by atoms with E-state index >= 15 is 0 Å². The Morgan fingerprint density at radius 3 is 2.57 bits per heavy atom. The SMILES string of the molecule is CC(C)(C(=O)Nc1cccc(-c2ncc[nH]2)c1)c1ccccc1. The normalized spacial score (nSPS) is 11.2. The van der Waals surface area contributed by atoms with Gasteiger partial charge in [-0.2, -0.15) is 0 Å². The first-order chi connectivity index (χ1) is 11.1. The third-order valence-electron chi connectivity index (χ3n) is 3.96. The number of rotatable bonds is 4. The van der Waals surface area contributed by atoms with E-state index < -0.39 is 5.41 Å². The number of aromatic amines is 1. The zero-order valence-corrected chi connectivity index (χ0v) is 13.2. The molecule has 2 aromatic carbocycles. The fraction of sp³-hybridized carbons (Fsp3) is 0.158. The molecule has 1 aromatic heterocycles. The molecule has 4 heteroatoms. The Balaban J connectivity index is 1.82. The zero-order valence-electron chi connectivity index (χ0n) is 13.2. The second-order valence-electron chi connectivity index (χ2n) is 5.96. The van der Waals surface area contributed by atoms with Gasteiger partial charge in [-0.1, -0.05) is 42.5 Å². The molecule has 0 aliphatic heterocycles. The van der Waals surface area contributed by atoms with Crippen molar-refractivity contribution in [3.05, 3.63) is 72.6 Å². The number of carbonyl (C=O) groups excluding carboxylic acids is 1. The zero-order chi connectivity index (χ0) is 16.3. The molecule has 4 nitrogen and oxygen atoms in total. The predicted octanol–water partition coefficient (Wildman–Crippen LogP) is 3.99. The third-order valence-corrected chi connectivity index (χ3v) is 3.96. The van der Waals surface area contributed by atoms with E-state index in [4.69, 9.17) is 0 Å². The van der Waals surface area contributed by atoms with Crippen molar-refractivity contribution in [1.29, 1.82) is 0 Å². The van der Waals surface area contributed by atoms with Crippen molar-refractivity contribution in [2.45, 2.75) is 19.3 Å². The molecule has 0 spiro atoms. The summed E-state index contributed by atoms with van der Waals surface area (Å²) in [7, 11) is 0. The van der Waals surface area contributed by atoms with Gasteiger partial charge in [0, 0.05) is 23.6 Å². The van der Waals surface area contributed by atoms with Crippen LogP contribution in [0.25, 0.3) is 11.4 Å². The molecule has 0 atom stereocenters. The molecule has 3 rings (SSSR count). The average Bonchev–Trinajstić information content (AvgIpc) is 3.10. The van der Waals surface area contributed by atoms with E-state index in [1.165, 1.54) is 0 Å². The molecule has 1 heterocycles. The molecule has 0 aliphatic rings. The molecule has 23 heavy (non-hydrogen) atoms. The summed E-state index contributed by atoms with van der Waals surface area (Å²) >= 11 is 0. The minimum absolute atomic E-state index is 0.0414. The van der Waals surface area contributed by atoms with Gasteiger partial charge in [-0.3, -0.25) is 4.79 Å². The maximum atomic E-state index is 12.7.